The third-order valence-corrected chi connectivity index (χ3v) is 5.31. The lowest BCUT2D eigenvalue weighted by molar-refractivity contribution is 1.10. The van der Waals surface area contributed by atoms with Gasteiger partial charge in [-0.3, -0.25) is 0 Å². The van der Waals surface area contributed by atoms with Crippen molar-refractivity contribution in [2.24, 2.45) is 0 Å². The van der Waals surface area contributed by atoms with Crippen molar-refractivity contribution >= 4 is 19.3 Å². The van der Waals surface area contributed by atoms with Gasteiger partial charge in [-0.25, -0.2) is 0 Å². The van der Waals surface area contributed by atoms with Gasteiger partial charge in [-0.2, -0.15) is 0 Å². The molecule has 0 fully saturated rings. The summed E-state index contributed by atoms with van der Waals surface area (Å²) >= 11 is 0. The SMILES string of the molecule is CC(C)P(C=C=Cc1ccccc1)c1ccccc1. The summed E-state index contributed by atoms with van der Waals surface area (Å²) in [4.78, 5) is 0. The molecule has 2 aromatic rings. The van der Waals surface area contributed by atoms with E-state index < -0.39 is 0 Å². The minimum Gasteiger partial charge on any atom is -0.119 e. The van der Waals surface area contributed by atoms with Crippen molar-refractivity contribution in [2.45, 2.75) is 19.5 Å². The van der Waals surface area contributed by atoms with Gasteiger partial charge in [0.1, 0.15) is 0 Å². The molecule has 0 aliphatic rings. The Hall–Kier alpha value is -1.61. The van der Waals surface area contributed by atoms with E-state index in [-0.39, 0.29) is 7.92 Å². The van der Waals surface area contributed by atoms with Gasteiger partial charge in [0, 0.05) is 0 Å². The van der Waals surface area contributed by atoms with Crippen LogP contribution in [0.5, 0.6) is 0 Å². The minimum atomic E-state index is -0.278. The number of hydrogen-bond acceptors (Lipinski definition) is 0. The molecule has 0 aliphatic carbocycles. The van der Waals surface area contributed by atoms with Crippen molar-refractivity contribution in [1.82, 2.24) is 0 Å². The number of rotatable bonds is 4. The van der Waals surface area contributed by atoms with E-state index in [9.17, 15) is 0 Å². The van der Waals surface area contributed by atoms with Gasteiger partial charge in [0.05, 0.1) is 0 Å². The molecule has 0 aliphatic heterocycles. The normalized spacial score (nSPS) is 11.7. The maximum Gasteiger partial charge on any atom is -0.0127 e. The molecule has 0 N–H and O–H groups in total. The van der Waals surface area contributed by atoms with Crippen molar-refractivity contribution in [3.05, 3.63) is 77.8 Å². The first-order valence-electron chi connectivity index (χ1n) is 6.58. The van der Waals surface area contributed by atoms with Crippen LogP contribution in [-0.4, -0.2) is 5.66 Å². The highest BCUT2D eigenvalue weighted by Gasteiger charge is 2.10. The zero-order chi connectivity index (χ0) is 13.5. The van der Waals surface area contributed by atoms with E-state index in [0.29, 0.717) is 5.66 Å². The van der Waals surface area contributed by atoms with Crippen LogP contribution >= 0.6 is 7.92 Å². The summed E-state index contributed by atoms with van der Waals surface area (Å²) in [5.41, 5.74) is 5.19. The summed E-state index contributed by atoms with van der Waals surface area (Å²) in [6.45, 7) is 4.55. The lowest BCUT2D eigenvalue weighted by Gasteiger charge is -2.16. The third kappa shape index (κ3) is 4.21. The van der Waals surface area contributed by atoms with Gasteiger partial charge < -0.3 is 0 Å². The van der Waals surface area contributed by atoms with Crippen LogP contribution in [0.3, 0.4) is 0 Å². The molecule has 2 aromatic carbocycles. The summed E-state index contributed by atoms with van der Waals surface area (Å²) in [6.07, 6.45) is 2.06. The van der Waals surface area contributed by atoms with E-state index in [4.69, 9.17) is 0 Å². The molecule has 0 bridgehead atoms. The molecular weight excluding hydrogens is 247 g/mol. The summed E-state index contributed by atoms with van der Waals surface area (Å²) in [5, 5.41) is 1.42. The topological polar surface area (TPSA) is 0 Å². The van der Waals surface area contributed by atoms with Crippen molar-refractivity contribution in [1.29, 1.82) is 0 Å². The average Bonchev–Trinajstić information content (AvgIpc) is 2.45. The molecule has 1 heteroatoms. The van der Waals surface area contributed by atoms with Gasteiger partial charge in [0.25, 0.3) is 0 Å². The molecule has 0 saturated heterocycles. The largest absolute Gasteiger partial charge is 0.119 e. The molecule has 0 radical (unpaired) electrons. The van der Waals surface area contributed by atoms with Gasteiger partial charge in [-0.05, 0) is 36.3 Å². The van der Waals surface area contributed by atoms with Gasteiger partial charge in [-0.1, -0.05) is 74.5 Å². The Kier molecular flexibility index (Phi) is 5.16. The molecule has 2 rings (SSSR count). The second-order valence-corrected chi connectivity index (χ2v) is 7.31. The molecule has 19 heavy (non-hydrogen) atoms. The quantitative estimate of drug-likeness (QED) is 0.538. The first-order chi connectivity index (χ1) is 9.27. The van der Waals surface area contributed by atoms with E-state index in [2.05, 4.69) is 86.1 Å². The highest BCUT2D eigenvalue weighted by atomic mass is 31.1. The second kappa shape index (κ2) is 7.10. The molecule has 0 saturated carbocycles. The van der Waals surface area contributed by atoms with Crippen molar-refractivity contribution < 1.29 is 0 Å². The molecule has 0 nitrogen and oxygen atoms in total. The molecular formula is C18H19P. The molecule has 0 aromatic heterocycles. The smallest absolute Gasteiger partial charge is 0.0127 e. The zero-order valence-electron chi connectivity index (χ0n) is 11.5. The van der Waals surface area contributed by atoms with Crippen LogP contribution < -0.4 is 5.30 Å². The number of benzene rings is 2. The van der Waals surface area contributed by atoms with E-state index >= 15 is 0 Å². The summed E-state index contributed by atoms with van der Waals surface area (Å²) in [7, 11) is -0.278. The van der Waals surface area contributed by atoms with Crippen LogP contribution in [0.1, 0.15) is 19.4 Å². The van der Waals surface area contributed by atoms with E-state index in [0.717, 1.165) is 0 Å². The molecule has 1 atom stereocenters. The van der Waals surface area contributed by atoms with Crippen LogP contribution in [0.15, 0.2) is 72.2 Å². The maximum atomic E-state index is 3.36. The molecule has 96 valence electrons. The highest BCUT2D eigenvalue weighted by Crippen LogP contribution is 2.40. The number of hydrogen-bond donors (Lipinski definition) is 0. The Labute approximate surface area is 117 Å². The highest BCUT2D eigenvalue weighted by molar-refractivity contribution is 7.69. The predicted octanol–water partition coefficient (Wildman–Crippen LogP) is 5.03. The van der Waals surface area contributed by atoms with Gasteiger partial charge in [0.15, 0.2) is 0 Å². The second-order valence-electron chi connectivity index (χ2n) is 4.69. The summed E-state index contributed by atoms with van der Waals surface area (Å²) in [6, 6.07) is 21.1. The van der Waals surface area contributed by atoms with E-state index in [1.54, 1.807) is 0 Å². The fourth-order valence-electron chi connectivity index (χ4n) is 1.88. The fraction of sp³-hybridized carbons (Fsp3) is 0.167. The lowest BCUT2D eigenvalue weighted by Crippen LogP contribution is -2.05. The van der Waals surface area contributed by atoms with Crippen LogP contribution in [0.4, 0.5) is 0 Å². The van der Waals surface area contributed by atoms with Crippen LogP contribution in [0.25, 0.3) is 6.08 Å². The zero-order valence-corrected chi connectivity index (χ0v) is 12.3. The third-order valence-electron chi connectivity index (χ3n) is 2.87. The Morgan fingerprint density at radius 2 is 1.47 bits per heavy atom. The summed E-state index contributed by atoms with van der Waals surface area (Å²) in [5.74, 6) is 2.24. The van der Waals surface area contributed by atoms with Crippen LogP contribution in [0, 0.1) is 0 Å². The Bertz CT molecular complexity index is 549. The van der Waals surface area contributed by atoms with Crippen molar-refractivity contribution in [2.75, 3.05) is 0 Å². The maximum absolute atomic E-state index is 3.36. The first-order valence-corrected chi connectivity index (χ1v) is 8.06. The lowest BCUT2D eigenvalue weighted by atomic mass is 10.2. The van der Waals surface area contributed by atoms with Gasteiger partial charge in [0.2, 0.25) is 0 Å². The Balaban J connectivity index is 2.21. The van der Waals surface area contributed by atoms with Gasteiger partial charge >= 0.3 is 0 Å². The molecule has 0 heterocycles. The Morgan fingerprint density at radius 3 is 2.05 bits per heavy atom. The molecule has 0 spiro atoms. The van der Waals surface area contributed by atoms with Crippen molar-refractivity contribution in [3.8, 4) is 0 Å². The summed E-state index contributed by atoms with van der Waals surface area (Å²) < 4.78 is 0. The Morgan fingerprint density at radius 1 is 0.895 bits per heavy atom. The average molecular weight is 266 g/mol. The van der Waals surface area contributed by atoms with E-state index in [1.807, 2.05) is 6.07 Å². The molecule has 0 amide bonds. The minimum absolute atomic E-state index is 0.278. The van der Waals surface area contributed by atoms with Crippen LogP contribution in [-0.2, 0) is 0 Å². The predicted molar refractivity (Wildman–Crippen MR) is 87.1 cm³/mol. The van der Waals surface area contributed by atoms with E-state index in [1.165, 1.54) is 10.9 Å². The first kappa shape index (κ1) is 13.8. The van der Waals surface area contributed by atoms with Crippen LogP contribution in [0.2, 0.25) is 0 Å². The standard InChI is InChI=1S/C18H19P/c1-16(2)19(18-13-7-4-8-14-18)15-9-12-17-10-5-3-6-11-17/h3-8,10-16H,1-2H3. The van der Waals surface area contributed by atoms with Crippen molar-refractivity contribution in [3.63, 3.8) is 0 Å². The van der Waals surface area contributed by atoms with Gasteiger partial charge in [-0.15, -0.1) is 5.73 Å². The fourth-order valence-corrected chi connectivity index (χ4v) is 3.68. The monoisotopic (exact) mass is 266 g/mol. The molecule has 1 unspecified atom stereocenters.